The summed E-state index contributed by atoms with van der Waals surface area (Å²) in [7, 11) is 5.06. The third-order valence-electron chi connectivity index (χ3n) is 2.78. The van der Waals surface area contributed by atoms with E-state index in [2.05, 4.69) is 10.2 Å². The number of hydrogen-bond donors (Lipinski definition) is 0. The summed E-state index contributed by atoms with van der Waals surface area (Å²) < 4.78 is 10.6. The second-order valence-corrected chi connectivity index (χ2v) is 5.49. The van der Waals surface area contributed by atoms with Crippen LogP contribution >= 0.6 is 11.8 Å². The number of amides is 1. The van der Waals surface area contributed by atoms with Crippen LogP contribution in [0.1, 0.15) is 11.5 Å². The van der Waals surface area contributed by atoms with Gasteiger partial charge in [0.05, 0.1) is 19.3 Å². The summed E-state index contributed by atoms with van der Waals surface area (Å²) in [5.74, 6) is 1.63. The summed E-state index contributed by atoms with van der Waals surface area (Å²) in [5.41, 5.74) is 1.06. The van der Waals surface area contributed by atoms with Gasteiger partial charge in [0.2, 0.25) is 11.8 Å². The molecule has 2 rings (SSSR count). The summed E-state index contributed by atoms with van der Waals surface area (Å²) in [6, 6.07) is 7.67. The number of carbonyl (C=O) groups excluding carboxylic acids is 1. The number of thioether (sulfide) groups is 1. The summed E-state index contributed by atoms with van der Waals surface area (Å²) in [4.78, 5) is 13.0. The first kappa shape index (κ1) is 15.4. The number of aromatic nitrogens is 2. The Morgan fingerprint density at radius 1 is 1.29 bits per heavy atom. The largest absolute Gasteiger partial charge is 0.497 e. The van der Waals surface area contributed by atoms with E-state index in [1.807, 2.05) is 24.3 Å². The summed E-state index contributed by atoms with van der Waals surface area (Å²) >= 11 is 1.24. The maximum Gasteiger partial charge on any atom is 0.277 e. The Balaban J connectivity index is 1.91. The minimum absolute atomic E-state index is 0.00917. The molecule has 0 bridgehead atoms. The van der Waals surface area contributed by atoms with Gasteiger partial charge in [-0.05, 0) is 17.7 Å². The van der Waals surface area contributed by atoms with Crippen LogP contribution in [0.5, 0.6) is 5.75 Å². The molecule has 0 radical (unpaired) electrons. The van der Waals surface area contributed by atoms with E-state index in [-0.39, 0.29) is 11.7 Å². The van der Waals surface area contributed by atoms with E-state index < -0.39 is 0 Å². The van der Waals surface area contributed by atoms with Crippen LogP contribution in [-0.4, -0.2) is 48.0 Å². The number of hydrogen-bond acceptors (Lipinski definition) is 6. The van der Waals surface area contributed by atoms with E-state index in [0.717, 1.165) is 11.3 Å². The molecule has 2 aromatic rings. The van der Waals surface area contributed by atoms with Crippen molar-refractivity contribution in [2.24, 2.45) is 0 Å². The van der Waals surface area contributed by atoms with Gasteiger partial charge in [0.1, 0.15) is 5.75 Å². The molecule has 0 saturated heterocycles. The Morgan fingerprint density at radius 2 is 2.00 bits per heavy atom. The average Bonchev–Trinajstić information content (AvgIpc) is 2.93. The first-order valence-electron chi connectivity index (χ1n) is 6.36. The molecule has 1 heterocycles. The Bertz CT molecular complexity index is 596. The highest BCUT2D eigenvalue weighted by Crippen LogP contribution is 2.19. The standard InChI is InChI=1S/C14H17N3O3S/c1-17(2)13(18)9-21-14-16-15-12(20-14)8-10-4-6-11(19-3)7-5-10/h4-7H,8-9H2,1-3H3. The SMILES string of the molecule is COc1ccc(Cc2nnc(SCC(=O)N(C)C)o2)cc1. The molecule has 0 aliphatic rings. The van der Waals surface area contributed by atoms with Gasteiger partial charge in [-0.3, -0.25) is 4.79 Å². The van der Waals surface area contributed by atoms with Crippen LogP contribution in [0.4, 0.5) is 0 Å². The van der Waals surface area contributed by atoms with Crippen molar-refractivity contribution in [1.29, 1.82) is 0 Å². The van der Waals surface area contributed by atoms with Gasteiger partial charge in [0, 0.05) is 14.1 Å². The van der Waals surface area contributed by atoms with Crippen LogP contribution in [-0.2, 0) is 11.2 Å². The fraction of sp³-hybridized carbons (Fsp3) is 0.357. The molecule has 1 amide bonds. The molecule has 0 N–H and O–H groups in total. The second kappa shape index (κ2) is 7.12. The molecule has 7 heteroatoms. The summed E-state index contributed by atoms with van der Waals surface area (Å²) in [5, 5.41) is 8.32. The van der Waals surface area contributed by atoms with Crippen LogP contribution in [0.15, 0.2) is 33.9 Å². The predicted molar refractivity (Wildman–Crippen MR) is 79.5 cm³/mol. The smallest absolute Gasteiger partial charge is 0.277 e. The maximum absolute atomic E-state index is 11.5. The Kier molecular flexibility index (Phi) is 5.21. The topological polar surface area (TPSA) is 68.5 Å². The number of carbonyl (C=O) groups is 1. The van der Waals surface area contributed by atoms with Crippen LogP contribution in [0, 0.1) is 0 Å². The van der Waals surface area contributed by atoms with E-state index in [4.69, 9.17) is 9.15 Å². The molecule has 1 aromatic heterocycles. The molecule has 6 nitrogen and oxygen atoms in total. The highest BCUT2D eigenvalue weighted by atomic mass is 32.2. The van der Waals surface area contributed by atoms with E-state index in [0.29, 0.717) is 17.5 Å². The Hall–Kier alpha value is -2.02. The number of nitrogens with zero attached hydrogens (tertiary/aromatic N) is 3. The monoisotopic (exact) mass is 307 g/mol. The molecule has 1 aromatic carbocycles. The van der Waals surface area contributed by atoms with Crippen LogP contribution in [0.3, 0.4) is 0 Å². The third kappa shape index (κ3) is 4.49. The van der Waals surface area contributed by atoms with Gasteiger partial charge in [-0.25, -0.2) is 0 Å². The average molecular weight is 307 g/mol. The number of methoxy groups -OCH3 is 1. The van der Waals surface area contributed by atoms with Crippen molar-refractivity contribution in [3.05, 3.63) is 35.7 Å². The Labute approximate surface area is 127 Å². The molecule has 0 aliphatic heterocycles. The van der Waals surface area contributed by atoms with Gasteiger partial charge in [0.15, 0.2) is 0 Å². The highest BCUT2D eigenvalue weighted by molar-refractivity contribution is 7.99. The lowest BCUT2D eigenvalue weighted by Crippen LogP contribution is -2.23. The zero-order chi connectivity index (χ0) is 15.2. The van der Waals surface area contributed by atoms with Gasteiger partial charge >= 0.3 is 0 Å². The number of ether oxygens (including phenoxy) is 1. The molecule has 21 heavy (non-hydrogen) atoms. The number of rotatable bonds is 6. The molecule has 0 fully saturated rings. The first-order chi connectivity index (χ1) is 10.1. The highest BCUT2D eigenvalue weighted by Gasteiger charge is 2.11. The van der Waals surface area contributed by atoms with Crippen LogP contribution in [0.2, 0.25) is 0 Å². The molecule has 0 aliphatic carbocycles. The third-order valence-corrected chi connectivity index (χ3v) is 3.58. The molecular weight excluding hydrogens is 290 g/mol. The lowest BCUT2D eigenvalue weighted by atomic mass is 10.1. The second-order valence-electron chi connectivity index (χ2n) is 4.56. The molecular formula is C14H17N3O3S. The van der Waals surface area contributed by atoms with Crippen molar-refractivity contribution in [3.8, 4) is 5.75 Å². The first-order valence-corrected chi connectivity index (χ1v) is 7.35. The lowest BCUT2D eigenvalue weighted by molar-refractivity contribution is -0.125. The molecule has 0 spiro atoms. The van der Waals surface area contributed by atoms with Gasteiger partial charge in [0.25, 0.3) is 5.22 Å². The predicted octanol–water partition coefficient (Wildman–Crippen LogP) is 1.85. The lowest BCUT2D eigenvalue weighted by Gasteiger charge is -2.07. The van der Waals surface area contributed by atoms with Crippen molar-refractivity contribution in [2.45, 2.75) is 11.6 Å². The van der Waals surface area contributed by atoms with Crippen molar-refractivity contribution in [1.82, 2.24) is 15.1 Å². The molecule has 0 saturated carbocycles. The molecule has 0 atom stereocenters. The van der Waals surface area contributed by atoms with E-state index >= 15 is 0 Å². The minimum atomic E-state index is 0.00917. The quantitative estimate of drug-likeness (QED) is 0.759. The summed E-state index contributed by atoms with van der Waals surface area (Å²) in [6.07, 6.45) is 0.555. The number of benzene rings is 1. The fourth-order valence-corrected chi connectivity index (χ4v) is 2.30. The zero-order valence-corrected chi connectivity index (χ0v) is 13.0. The normalized spacial score (nSPS) is 10.4. The zero-order valence-electron chi connectivity index (χ0n) is 12.2. The van der Waals surface area contributed by atoms with Crippen molar-refractivity contribution in [3.63, 3.8) is 0 Å². The van der Waals surface area contributed by atoms with E-state index in [1.54, 1.807) is 21.2 Å². The van der Waals surface area contributed by atoms with Crippen LogP contribution < -0.4 is 4.74 Å². The van der Waals surface area contributed by atoms with Gasteiger partial charge in [-0.2, -0.15) is 0 Å². The van der Waals surface area contributed by atoms with E-state index in [1.165, 1.54) is 16.7 Å². The van der Waals surface area contributed by atoms with Gasteiger partial charge in [-0.15, -0.1) is 10.2 Å². The van der Waals surface area contributed by atoms with Crippen molar-refractivity contribution >= 4 is 17.7 Å². The fourth-order valence-electron chi connectivity index (χ4n) is 1.54. The summed E-state index contributed by atoms with van der Waals surface area (Å²) in [6.45, 7) is 0. The van der Waals surface area contributed by atoms with Crippen LogP contribution in [0.25, 0.3) is 0 Å². The van der Waals surface area contributed by atoms with Crippen molar-refractivity contribution in [2.75, 3.05) is 27.0 Å². The minimum Gasteiger partial charge on any atom is -0.497 e. The molecule has 0 unspecified atom stereocenters. The maximum atomic E-state index is 11.5. The van der Waals surface area contributed by atoms with E-state index in [9.17, 15) is 4.79 Å². The van der Waals surface area contributed by atoms with Crippen molar-refractivity contribution < 1.29 is 13.9 Å². The van der Waals surface area contributed by atoms with Gasteiger partial charge < -0.3 is 14.1 Å². The van der Waals surface area contributed by atoms with Gasteiger partial charge in [-0.1, -0.05) is 23.9 Å². The molecule has 112 valence electrons. The Morgan fingerprint density at radius 3 is 2.62 bits per heavy atom.